The molecule has 1 heterocycles. The fraction of sp³-hybridized carbons (Fsp3) is 0.400. The van der Waals surface area contributed by atoms with Gasteiger partial charge in [0.1, 0.15) is 5.82 Å². The number of hydrazine groups is 1. The number of nitrogen functional groups attached to an aromatic ring is 1. The van der Waals surface area contributed by atoms with Gasteiger partial charge in [0.25, 0.3) is 5.91 Å². The molecule has 0 saturated heterocycles. The smallest absolute Gasteiger partial charge is 0.251 e. The molecule has 0 aromatic carbocycles. The molecule has 0 fully saturated rings. The summed E-state index contributed by atoms with van der Waals surface area (Å²) in [5.41, 5.74) is 2.95. The van der Waals surface area contributed by atoms with E-state index in [4.69, 9.17) is 5.84 Å². The predicted octanol–water partition coefficient (Wildman–Crippen LogP) is 0.753. The Morgan fingerprint density at radius 3 is 2.93 bits per heavy atom. The van der Waals surface area contributed by atoms with Crippen molar-refractivity contribution in [3.8, 4) is 0 Å². The van der Waals surface area contributed by atoms with Crippen molar-refractivity contribution in [3.63, 3.8) is 0 Å². The average molecular weight is 208 g/mol. The summed E-state index contributed by atoms with van der Waals surface area (Å²) in [7, 11) is 0. The second-order valence-corrected chi connectivity index (χ2v) is 3.68. The number of nitrogens with one attached hydrogen (secondary N) is 2. The highest BCUT2D eigenvalue weighted by Gasteiger charge is 2.06. The largest absolute Gasteiger partial charge is 0.352 e. The molecule has 0 spiro atoms. The van der Waals surface area contributed by atoms with Crippen LogP contribution in [0.15, 0.2) is 18.3 Å². The average Bonchev–Trinajstić information content (AvgIpc) is 2.26. The topological polar surface area (TPSA) is 80.0 Å². The molecule has 1 rings (SSSR count). The Morgan fingerprint density at radius 2 is 2.33 bits per heavy atom. The minimum absolute atomic E-state index is 0.109. The molecular formula is C10H16N4O. The van der Waals surface area contributed by atoms with Crippen LogP contribution in [-0.2, 0) is 0 Å². The lowest BCUT2D eigenvalue weighted by atomic mass is 10.2. The van der Waals surface area contributed by atoms with Gasteiger partial charge in [-0.15, -0.1) is 0 Å². The van der Waals surface area contributed by atoms with Crippen LogP contribution in [0.25, 0.3) is 0 Å². The van der Waals surface area contributed by atoms with Gasteiger partial charge in [-0.05, 0) is 18.1 Å². The molecule has 0 unspecified atom stereocenters. The van der Waals surface area contributed by atoms with Crippen LogP contribution in [-0.4, -0.2) is 17.4 Å². The molecule has 0 bridgehead atoms. The Balaban J connectivity index is 2.65. The third-order valence-electron chi connectivity index (χ3n) is 1.84. The van der Waals surface area contributed by atoms with Crippen LogP contribution in [0, 0.1) is 5.92 Å². The zero-order valence-electron chi connectivity index (χ0n) is 8.95. The molecule has 0 aliphatic heterocycles. The van der Waals surface area contributed by atoms with Gasteiger partial charge in [-0.25, -0.2) is 10.8 Å². The van der Waals surface area contributed by atoms with Crippen molar-refractivity contribution in [2.45, 2.75) is 13.8 Å². The Labute approximate surface area is 89.0 Å². The monoisotopic (exact) mass is 208 g/mol. The zero-order valence-corrected chi connectivity index (χ0v) is 8.95. The summed E-state index contributed by atoms with van der Waals surface area (Å²) < 4.78 is 0. The number of pyridine rings is 1. The number of rotatable bonds is 4. The van der Waals surface area contributed by atoms with Crippen molar-refractivity contribution in [3.05, 3.63) is 23.9 Å². The Morgan fingerprint density at radius 1 is 1.60 bits per heavy atom. The highest BCUT2D eigenvalue weighted by Crippen LogP contribution is 2.05. The summed E-state index contributed by atoms with van der Waals surface area (Å²) in [6.45, 7) is 4.74. The number of nitrogens with two attached hydrogens (primary N) is 1. The first-order valence-electron chi connectivity index (χ1n) is 4.84. The zero-order chi connectivity index (χ0) is 11.3. The van der Waals surface area contributed by atoms with Gasteiger partial charge in [0, 0.05) is 18.3 Å². The molecule has 0 atom stereocenters. The lowest BCUT2D eigenvalue weighted by Crippen LogP contribution is -2.27. The molecule has 1 aromatic heterocycles. The number of nitrogens with zero attached hydrogens (tertiary/aromatic N) is 1. The summed E-state index contributed by atoms with van der Waals surface area (Å²) in [4.78, 5) is 15.5. The van der Waals surface area contributed by atoms with Crippen LogP contribution in [0.3, 0.4) is 0 Å². The molecule has 0 radical (unpaired) electrons. The fourth-order valence-corrected chi connectivity index (χ4v) is 1.05. The van der Waals surface area contributed by atoms with Gasteiger partial charge >= 0.3 is 0 Å². The number of hydrogen-bond acceptors (Lipinski definition) is 4. The van der Waals surface area contributed by atoms with Crippen molar-refractivity contribution < 1.29 is 4.79 Å². The van der Waals surface area contributed by atoms with Gasteiger partial charge in [0.2, 0.25) is 0 Å². The molecule has 1 aromatic rings. The first-order chi connectivity index (χ1) is 7.13. The second kappa shape index (κ2) is 5.31. The number of amides is 1. The molecule has 5 nitrogen and oxygen atoms in total. The highest BCUT2D eigenvalue weighted by molar-refractivity contribution is 5.94. The van der Waals surface area contributed by atoms with Crippen molar-refractivity contribution in [2.24, 2.45) is 11.8 Å². The summed E-state index contributed by atoms with van der Waals surface area (Å²) in [6.07, 6.45) is 1.54. The van der Waals surface area contributed by atoms with E-state index in [9.17, 15) is 4.79 Å². The summed E-state index contributed by atoms with van der Waals surface area (Å²) in [5, 5.41) is 2.81. The van der Waals surface area contributed by atoms with Gasteiger partial charge in [-0.3, -0.25) is 4.79 Å². The maximum atomic E-state index is 11.6. The SMILES string of the molecule is CC(C)CNC(=O)c1ccnc(NN)c1. The van der Waals surface area contributed by atoms with Gasteiger partial charge in [0.05, 0.1) is 0 Å². The molecule has 15 heavy (non-hydrogen) atoms. The van der Waals surface area contributed by atoms with Crippen LogP contribution in [0.1, 0.15) is 24.2 Å². The predicted molar refractivity (Wildman–Crippen MR) is 59.2 cm³/mol. The minimum Gasteiger partial charge on any atom is -0.352 e. The first-order valence-corrected chi connectivity index (χ1v) is 4.84. The van der Waals surface area contributed by atoms with Crippen molar-refractivity contribution in [2.75, 3.05) is 12.0 Å². The molecule has 4 N–H and O–H groups in total. The Bertz CT molecular complexity index is 338. The molecular weight excluding hydrogens is 192 g/mol. The van der Waals surface area contributed by atoms with E-state index in [1.807, 2.05) is 13.8 Å². The van der Waals surface area contributed by atoms with E-state index in [2.05, 4.69) is 15.7 Å². The third kappa shape index (κ3) is 3.55. The van der Waals surface area contributed by atoms with E-state index in [0.717, 1.165) is 0 Å². The normalized spacial score (nSPS) is 10.1. The van der Waals surface area contributed by atoms with E-state index in [1.54, 1.807) is 18.3 Å². The molecule has 0 saturated carbocycles. The van der Waals surface area contributed by atoms with E-state index in [-0.39, 0.29) is 5.91 Å². The van der Waals surface area contributed by atoms with E-state index >= 15 is 0 Å². The minimum atomic E-state index is -0.109. The number of carbonyl (C=O) groups is 1. The summed E-state index contributed by atoms with van der Waals surface area (Å²) in [6, 6.07) is 3.26. The van der Waals surface area contributed by atoms with Gasteiger partial charge in [-0.1, -0.05) is 13.8 Å². The van der Waals surface area contributed by atoms with Crippen LogP contribution >= 0.6 is 0 Å². The lowest BCUT2D eigenvalue weighted by molar-refractivity contribution is 0.0949. The van der Waals surface area contributed by atoms with Crippen LogP contribution < -0.4 is 16.6 Å². The van der Waals surface area contributed by atoms with Gasteiger partial charge < -0.3 is 10.7 Å². The number of aromatic nitrogens is 1. The fourth-order valence-electron chi connectivity index (χ4n) is 1.05. The summed E-state index contributed by atoms with van der Waals surface area (Å²) >= 11 is 0. The van der Waals surface area contributed by atoms with Crippen LogP contribution in [0.4, 0.5) is 5.82 Å². The van der Waals surface area contributed by atoms with Crippen LogP contribution in [0.5, 0.6) is 0 Å². The molecule has 5 heteroatoms. The van der Waals surface area contributed by atoms with Gasteiger partial charge in [-0.2, -0.15) is 0 Å². The molecule has 0 aliphatic carbocycles. The second-order valence-electron chi connectivity index (χ2n) is 3.68. The van der Waals surface area contributed by atoms with Crippen molar-refractivity contribution in [1.82, 2.24) is 10.3 Å². The molecule has 82 valence electrons. The lowest BCUT2D eigenvalue weighted by Gasteiger charge is -2.08. The quantitative estimate of drug-likeness (QED) is 0.504. The van der Waals surface area contributed by atoms with Crippen LogP contribution in [0.2, 0.25) is 0 Å². The third-order valence-corrected chi connectivity index (χ3v) is 1.84. The highest BCUT2D eigenvalue weighted by atomic mass is 16.1. The van der Waals surface area contributed by atoms with Crippen molar-refractivity contribution >= 4 is 11.7 Å². The maximum absolute atomic E-state index is 11.6. The van der Waals surface area contributed by atoms with Gasteiger partial charge in [0.15, 0.2) is 0 Å². The van der Waals surface area contributed by atoms with E-state index < -0.39 is 0 Å². The molecule has 1 amide bonds. The van der Waals surface area contributed by atoms with E-state index in [1.165, 1.54) is 0 Å². The summed E-state index contributed by atoms with van der Waals surface area (Å²) in [5.74, 6) is 6.00. The number of anilines is 1. The van der Waals surface area contributed by atoms with Crippen molar-refractivity contribution in [1.29, 1.82) is 0 Å². The maximum Gasteiger partial charge on any atom is 0.251 e. The van der Waals surface area contributed by atoms with E-state index in [0.29, 0.717) is 23.8 Å². The first kappa shape index (κ1) is 11.5. The Kier molecular flexibility index (Phi) is 4.05. The number of hydrogen-bond donors (Lipinski definition) is 3. The standard InChI is InChI=1S/C10H16N4O/c1-7(2)6-13-10(15)8-3-4-12-9(5-8)14-11/h3-5,7H,6,11H2,1-2H3,(H,12,14)(H,13,15). The molecule has 0 aliphatic rings. The number of carbonyl (C=O) groups excluding carboxylic acids is 1. The Hall–Kier alpha value is -1.62.